The van der Waals surface area contributed by atoms with Gasteiger partial charge >= 0.3 is 0 Å². The molecule has 2 rings (SSSR count). The number of hydrogen-bond acceptors (Lipinski definition) is 4. The van der Waals surface area contributed by atoms with E-state index in [0.29, 0.717) is 11.5 Å². The molecular weight excluding hydrogens is 336 g/mol. The topological polar surface area (TPSA) is 66.0 Å². The van der Waals surface area contributed by atoms with E-state index in [1.54, 1.807) is 12.5 Å². The van der Waals surface area contributed by atoms with E-state index in [9.17, 15) is 0 Å². The van der Waals surface area contributed by atoms with Crippen LogP contribution in [0, 0.1) is 23.0 Å². The summed E-state index contributed by atoms with van der Waals surface area (Å²) in [4.78, 5) is 0. The summed E-state index contributed by atoms with van der Waals surface area (Å²) in [6.45, 7) is 10.5. The van der Waals surface area contributed by atoms with Crippen molar-refractivity contribution in [2.45, 2.75) is 58.8 Å². The van der Waals surface area contributed by atoms with Gasteiger partial charge in [0.05, 0.1) is 0 Å². The lowest BCUT2D eigenvalue weighted by Gasteiger charge is -2.21. The minimum absolute atomic E-state index is 0.215. The molecule has 0 saturated carbocycles. The molecule has 0 radical (unpaired) electrons. The Bertz CT molecular complexity index is 801. The van der Waals surface area contributed by atoms with Crippen molar-refractivity contribution in [3.8, 4) is 24.0 Å². The summed E-state index contributed by atoms with van der Waals surface area (Å²) in [5, 5.41) is 17.7. The molecule has 2 aromatic rings. The summed E-state index contributed by atoms with van der Waals surface area (Å²) in [5.74, 6) is 1.96. The van der Waals surface area contributed by atoms with Gasteiger partial charge in [0.25, 0.3) is 12.5 Å². The largest absolute Gasteiger partial charge is 0.388 e. The first-order valence-electron chi connectivity index (χ1n) is 9.32. The standard InChI is InChI=1S/C23H26N2O2/c1-6-19(17-7-9-22(26-13-24)20(11-17)15(2)3)18-8-10-23(27-14-25)21(12-18)16(4)5/h7-12,15-16,19H,6H2,1-5H3. The van der Waals surface area contributed by atoms with Crippen LogP contribution in [-0.2, 0) is 0 Å². The highest BCUT2D eigenvalue weighted by atomic mass is 16.5. The Morgan fingerprint density at radius 3 is 1.48 bits per heavy atom. The smallest absolute Gasteiger partial charge is 0.292 e. The zero-order valence-electron chi connectivity index (χ0n) is 16.6. The monoisotopic (exact) mass is 362 g/mol. The highest BCUT2D eigenvalue weighted by molar-refractivity contribution is 5.47. The number of ether oxygens (including phenoxy) is 2. The van der Waals surface area contributed by atoms with Gasteiger partial charge in [0.15, 0.2) is 0 Å². The number of nitriles is 2. The Morgan fingerprint density at radius 2 is 1.19 bits per heavy atom. The lowest BCUT2D eigenvalue weighted by atomic mass is 9.85. The fourth-order valence-corrected chi connectivity index (χ4v) is 3.42. The SMILES string of the molecule is CCC(c1ccc(OC#N)c(C(C)C)c1)c1ccc(OC#N)c(C(C)C)c1. The predicted octanol–water partition coefficient (Wildman–Crippen LogP) is 6.20. The average Bonchev–Trinajstić information content (AvgIpc) is 2.64. The van der Waals surface area contributed by atoms with Crippen molar-refractivity contribution >= 4 is 0 Å². The van der Waals surface area contributed by atoms with E-state index in [2.05, 4.69) is 46.8 Å². The second-order valence-corrected chi connectivity index (χ2v) is 7.25. The zero-order valence-corrected chi connectivity index (χ0v) is 16.6. The van der Waals surface area contributed by atoms with Crippen LogP contribution in [0.5, 0.6) is 11.5 Å². The third-order valence-corrected chi connectivity index (χ3v) is 4.84. The van der Waals surface area contributed by atoms with Gasteiger partial charge in [-0.3, -0.25) is 0 Å². The number of rotatable bonds is 7. The lowest BCUT2D eigenvalue weighted by molar-refractivity contribution is 0.495. The quantitative estimate of drug-likeness (QED) is 0.550. The summed E-state index contributed by atoms with van der Waals surface area (Å²) in [7, 11) is 0. The van der Waals surface area contributed by atoms with Gasteiger partial charge in [0, 0.05) is 5.92 Å². The molecule has 0 aliphatic heterocycles. The second-order valence-electron chi connectivity index (χ2n) is 7.25. The van der Waals surface area contributed by atoms with E-state index in [0.717, 1.165) is 17.5 Å². The van der Waals surface area contributed by atoms with Crippen LogP contribution in [-0.4, -0.2) is 0 Å². The maximum absolute atomic E-state index is 8.87. The first-order chi connectivity index (χ1) is 12.9. The molecule has 2 aromatic carbocycles. The highest BCUT2D eigenvalue weighted by Gasteiger charge is 2.19. The minimum Gasteiger partial charge on any atom is -0.388 e. The Kier molecular flexibility index (Phi) is 6.85. The molecule has 0 amide bonds. The van der Waals surface area contributed by atoms with Crippen LogP contribution in [0.15, 0.2) is 36.4 Å². The van der Waals surface area contributed by atoms with Crippen LogP contribution in [0.3, 0.4) is 0 Å². The molecule has 4 nitrogen and oxygen atoms in total. The van der Waals surface area contributed by atoms with Crippen molar-refractivity contribution in [1.82, 2.24) is 0 Å². The lowest BCUT2D eigenvalue weighted by Crippen LogP contribution is -2.04. The second kappa shape index (κ2) is 9.10. The van der Waals surface area contributed by atoms with E-state index >= 15 is 0 Å². The van der Waals surface area contributed by atoms with Crippen molar-refractivity contribution in [3.63, 3.8) is 0 Å². The summed E-state index contributed by atoms with van der Waals surface area (Å²) < 4.78 is 10.2. The molecule has 0 heterocycles. The number of hydrogen-bond donors (Lipinski definition) is 0. The summed E-state index contributed by atoms with van der Waals surface area (Å²) >= 11 is 0. The summed E-state index contributed by atoms with van der Waals surface area (Å²) in [5.41, 5.74) is 4.44. The molecular formula is C23H26N2O2. The maximum atomic E-state index is 8.87. The van der Waals surface area contributed by atoms with E-state index in [1.165, 1.54) is 11.1 Å². The molecule has 0 fully saturated rings. The normalized spacial score (nSPS) is 10.7. The van der Waals surface area contributed by atoms with Gasteiger partial charge in [0.1, 0.15) is 11.5 Å². The van der Waals surface area contributed by atoms with Crippen molar-refractivity contribution in [2.75, 3.05) is 0 Å². The van der Waals surface area contributed by atoms with Gasteiger partial charge in [-0.05, 0) is 52.6 Å². The zero-order chi connectivity index (χ0) is 20.0. The number of nitrogens with zero attached hydrogens (tertiary/aromatic N) is 2. The highest BCUT2D eigenvalue weighted by Crippen LogP contribution is 2.37. The van der Waals surface area contributed by atoms with Gasteiger partial charge in [0.2, 0.25) is 0 Å². The van der Waals surface area contributed by atoms with Crippen molar-refractivity contribution in [1.29, 1.82) is 10.5 Å². The van der Waals surface area contributed by atoms with E-state index < -0.39 is 0 Å². The van der Waals surface area contributed by atoms with Gasteiger partial charge in [-0.25, -0.2) is 0 Å². The first kappa shape index (κ1) is 20.3. The van der Waals surface area contributed by atoms with E-state index in [-0.39, 0.29) is 17.8 Å². The molecule has 0 bridgehead atoms. The van der Waals surface area contributed by atoms with Crippen molar-refractivity contribution < 1.29 is 9.47 Å². The number of benzene rings is 2. The van der Waals surface area contributed by atoms with Crippen LogP contribution < -0.4 is 9.47 Å². The molecule has 0 aliphatic rings. The fraction of sp³-hybridized carbons (Fsp3) is 0.391. The summed E-state index contributed by atoms with van der Waals surface area (Å²) in [6, 6.07) is 12.1. The van der Waals surface area contributed by atoms with Crippen LogP contribution >= 0.6 is 0 Å². The van der Waals surface area contributed by atoms with Gasteiger partial charge in [-0.2, -0.15) is 0 Å². The van der Waals surface area contributed by atoms with E-state index in [4.69, 9.17) is 20.0 Å². The molecule has 27 heavy (non-hydrogen) atoms. The Balaban J connectivity index is 2.51. The van der Waals surface area contributed by atoms with Crippen molar-refractivity contribution in [3.05, 3.63) is 58.7 Å². The molecule has 0 saturated heterocycles. The molecule has 0 spiro atoms. The van der Waals surface area contributed by atoms with Gasteiger partial charge in [-0.1, -0.05) is 58.9 Å². The molecule has 0 atom stereocenters. The first-order valence-corrected chi connectivity index (χ1v) is 9.32. The Hall–Kier alpha value is -2.98. The summed E-state index contributed by atoms with van der Waals surface area (Å²) in [6.07, 6.45) is 4.48. The van der Waals surface area contributed by atoms with Gasteiger partial charge in [-0.15, -0.1) is 10.5 Å². The average molecular weight is 362 g/mol. The molecule has 0 aliphatic carbocycles. The third-order valence-electron chi connectivity index (χ3n) is 4.84. The molecule has 0 N–H and O–H groups in total. The molecule has 0 unspecified atom stereocenters. The van der Waals surface area contributed by atoms with Crippen LogP contribution in [0.25, 0.3) is 0 Å². The Morgan fingerprint density at radius 1 is 0.778 bits per heavy atom. The van der Waals surface area contributed by atoms with Crippen LogP contribution in [0.4, 0.5) is 0 Å². The van der Waals surface area contributed by atoms with Gasteiger partial charge < -0.3 is 9.47 Å². The fourth-order valence-electron chi connectivity index (χ4n) is 3.42. The minimum atomic E-state index is 0.215. The Labute approximate surface area is 162 Å². The maximum Gasteiger partial charge on any atom is 0.292 e. The van der Waals surface area contributed by atoms with Crippen LogP contribution in [0.2, 0.25) is 0 Å². The van der Waals surface area contributed by atoms with E-state index in [1.807, 2.05) is 24.3 Å². The molecule has 0 aromatic heterocycles. The molecule has 140 valence electrons. The third kappa shape index (κ3) is 4.60. The molecule has 4 heteroatoms. The van der Waals surface area contributed by atoms with Crippen LogP contribution in [0.1, 0.15) is 81.0 Å². The predicted molar refractivity (Wildman–Crippen MR) is 106 cm³/mol. The van der Waals surface area contributed by atoms with Crippen molar-refractivity contribution in [2.24, 2.45) is 0 Å².